The number of aromatic nitrogens is 1. The van der Waals surface area contributed by atoms with Crippen LogP contribution < -0.4 is 26.8 Å². The van der Waals surface area contributed by atoms with Crippen LogP contribution in [0.15, 0.2) is 23.2 Å². The number of nitrogens with one attached hydrogen (secondary N) is 2. The van der Waals surface area contributed by atoms with Crippen molar-refractivity contribution in [3.63, 3.8) is 0 Å². The third kappa shape index (κ3) is 3.95. The third-order valence-electron chi connectivity index (χ3n) is 5.48. The van der Waals surface area contributed by atoms with E-state index in [-0.39, 0.29) is 23.0 Å². The summed E-state index contributed by atoms with van der Waals surface area (Å²) in [6, 6.07) is 7.18. The smallest absolute Gasteiger partial charge is 0.211 e. The molecule has 1 fully saturated rings. The molecule has 1 unspecified atom stereocenters. The van der Waals surface area contributed by atoms with E-state index in [1.54, 1.807) is 7.11 Å². The van der Waals surface area contributed by atoms with Crippen LogP contribution in [0.4, 0.5) is 17.3 Å². The molecule has 0 amide bonds. The largest absolute Gasteiger partial charge is 0.496 e. The number of guanidine groups is 1. The minimum Gasteiger partial charge on any atom is -0.496 e. The summed E-state index contributed by atoms with van der Waals surface area (Å²) in [5.41, 5.74) is 14.9. The summed E-state index contributed by atoms with van der Waals surface area (Å²) in [6.45, 7) is 3.73. The Labute approximate surface area is 185 Å². The Morgan fingerprint density at radius 1 is 1.31 bits per heavy atom. The molecule has 11 heteroatoms. The molecule has 1 aromatic heterocycles. The first-order chi connectivity index (χ1) is 15.5. The fourth-order valence-corrected chi connectivity index (χ4v) is 3.91. The van der Waals surface area contributed by atoms with E-state index in [0.29, 0.717) is 31.1 Å². The van der Waals surface area contributed by atoms with Crippen molar-refractivity contribution in [3.05, 3.63) is 40.5 Å². The maximum absolute atomic E-state index is 9.49. The van der Waals surface area contributed by atoms with Gasteiger partial charge in [-0.3, -0.25) is 10.2 Å². The first-order valence-electron chi connectivity index (χ1n) is 10.0. The summed E-state index contributed by atoms with van der Waals surface area (Å²) in [5.74, 6) is 1.33. The molecule has 2 aromatic rings. The summed E-state index contributed by atoms with van der Waals surface area (Å²) in [4.78, 5) is 11.2. The van der Waals surface area contributed by atoms with E-state index in [4.69, 9.17) is 26.2 Å². The van der Waals surface area contributed by atoms with Gasteiger partial charge in [0.2, 0.25) is 5.96 Å². The van der Waals surface area contributed by atoms with E-state index in [2.05, 4.69) is 25.5 Å². The minimum atomic E-state index is -0.600. The number of anilines is 3. The Morgan fingerprint density at radius 2 is 2.09 bits per heavy atom. The standard InChI is InChI=1S/C21H23N9O2/c1-31-15-3-2-12(8-13(15)10-30-4-6-32-7-5-30)18-16-17(24)14(9-22)19(25)28-20(16)29-21(27-18)26-11-23/h2-3,8,18H,4-7,10H2,1H3,(H6,24,25,26,27,28,29). The predicted octanol–water partition coefficient (Wildman–Crippen LogP) is 0.900. The Hall–Kier alpha value is -4.06. The lowest BCUT2D eigenvalue weighted by molar-refractivity contribution is 0.0339. The Kier molecular flexibility index (Phi) is 5.94. The highest BCUT2D eigenvalue weighted by atomic mass is 16.5. The van der Waals surface area contributed by atoms with E-state index in [0.717, 1.165) is 30.0 Å². The van der Waals surface area contributed by atoms with Crippen LogP contribution in [-0.4, -0.2) is 49.3 Å². The van der Waals surface area contributed by atoms with Crippen LogP contribution in [0.3, 0.4) is 0 Å². The fraction of sp³-hybridized carbons (Fsp3) is 0.333. The number of nitrogens with zero attached hydrogens (tertiary/aromatic N) is 5. The van der Waals surface area contributed by atoms with Gasteiger partial charge in [0.05, 0.1) is 26.0 Å². The molecular weight excluding hydrogens is 410 g/mol. The van der Waals surface area contributed by atoms with Gasteiger partial charge in [-0.1, -0.05) is 6.07 Å². The molecule has 32 heavy (non-hydrogen) atoms. The van der Waals surface area contributed by atoms with Crippen LogP contribution >= 0.6 is 0 Å². The molecule has 0 bridgehead atoms. The highest BCUT2D eigenvalue weighted by molar-refractivity contribution is 5.98. The van der Waals surface area contributed by atoms with Crippen molar-refractivity contribution < 1.29 is 9.47 Å². The second-order valence-electron chi connectivity index (χ2n) is 7.36. The van der Waals surface area contributed by atoms with Gasteiger partial charge in [-0.25, -0.2) is 9.98 Å². The number of ether oxygens (including phenoxy) is 2. The lowest BCUT2D eigenvalue weighted by atomic mass is 9.93. The van der Waals surface area contributed by atoms with Crippen LogP contribution in [0.25, 0.3) is 0 Å². The molecule has 6 N–H and O–H groups in total. The van der Waals surface area contributed by atoms with Gasteiger partial charge in [-0.15, -0.1) is 0 Å². The van der Waals surface area contributed by atoms with E-state index >= 15 is 0 Å². The number of morpholine rings is 1. The van der Waals surface area contributed by atoms with Crippen molar-refractivity contribution in [2.24, 2.45) is 4.99 Å². The van der Waals surface area contributed by atoms with Crippen molar-refractivity contribution >= 4 is 23.3 Å². The minimum absolute atomic E-state index is 0.0101. The van der Waals surface area contributed by atoms with Crippen molar-refractivity contribution in [1.29, 1.82) is 10.5 Å². The van der Waals surface area contributed by atoms with Gasteiger partial charge in [0.15, 0.2) is 6.19 Å². The van der Waals surface area contributed by atoms with E-state index in [1.165, 1.54) is 0 Å². The number of fused-ring (bicyclic) bond motifs is 1. The lowest BCUT2D eigenvalue weighted by Gasteiger charge is -2.29. The van der Waals surface area contributed by atoms with Crippen LogP contribution in [0.1, 0.15) is 28.3 Å². The Balaban J connectivity index is 1.80. The van der Waals surface area contributed by atoms with Gasteiger partial charge in [-0.2, -0.15) is 10.5 Å². The second-order valence-corrected chi connectivity index (χ2v) is 7.36. The zero-order valence-electron chi connectivity index (χ0n) is 17.6. The molecule has 0 radical (unpaired) electrons. The number of hydrogen-bond donors (Lipinski definition) is 4. The number of hydrogen-bond acceptors (Lipinski definition) is 11. The highest BCUT2D eigenvalue weighted by Gasteiger charge is 2.30. The van der Waals surface area contributed by atoms with Gasteiger partial charge in [-0.05, 0) is 17.7 Å². The Morgan fingerprint density at radius 3 is 2.78 bits per heavy atom. The molecule has 164 valence electrons. The number of nitrogens with two attached hydrogens (primary N) is 2. The maximum Gasteiger partial charge on any atom is 0.211 e. The molecule has 1 atom stereocenters. The number of pyridine rings is 1. The number of methoxy groups -OCH3 is 1. The van der Waals surface area contributed by atoms with Crippen molar-refractivity contribution in [2.75, 3.05) is 50.2 Å². The number of benzene rings is 1. The average molecular weight is 433 g/mol. The maximum atomic E-state index is 9.49. The van der Waals surface area contributed by atoms with Crippen molar-refractivity contribution in [1.82, 2.24) is 15.2 Å². The fourth-order valence-electron chi connectivity index (χ4n) is 3.91. The zero-order chi connectivity index (χ0) is 22.7. The van der Waals surface area contributed by atoms with Crippen LogP contribution in [-0.2, 0) is 11.3 Å². The van der Waals surface area contributed by atoms with Gasteiger partial charge in [0.1, 0.15) is 35.1 Å². The first kappa shape index (κ1) is 21.2. The molecule has 3 heterocycles. The van der Waals surface area contributed by atoms with Crippen LogP contribution in [0.2, 0.25) is 0 Å². The molecular formula is C21H23N9O2. The molecule has 2 aliphatic rings. The molecule has 4 rings (SSSR count). The zero-order valence-corrected chi connectivity index (χ0v) is 17.6. The van der Waals surface area contributed by atoms with Gasteiger partial charge in [0.25, 0.3) is 0 Å². The molecule has 0 spiro atoms. The van der Waals surface area contributed by atoms with Gasteiger partial charge in [0, 0.05) is 30.8 Å². The summed E-state index contributed by atoms with van der Waals surface area (Å²) in [7, 11) is 1.63. The van der Waals surface area contributed by atoms with Crippen LogP contribution in [0.5, 0.6) is 5.75 Å². The number of nitrogen functional groups attached to an aromatic ring is 2. The Bertz CT molecular complexity index is 1140. The summed E-state index contributed by atoms with van der Waals surface area (Å²) in [6.07, 6.45) is 1.85. The monoisotopic (exact) mass is 433 g/mol. The lowest BCUT2D eigenvalue weighted by Crippen LogP contribution is -2.35. The first-order valence-corrected chi connectivity index (χ1v) is 10.0. The van der Waals surface area contributed by atoms with E-state index < -0.39 is 6.04 Å². The van der Waals surface area contributed by atoms with Crippen LogP contribution in [0, 0.1) is 22.8 Å². The molecule has 1 saturated heterocycles. The normalized spacial score (nSPS) is 17.8. The average Bonchev–Trinajstić information content (AvgIpc) is 2.79. The topological polar surface area (TPSA) is 171 Å². The quantitative estimate of drug-likeness (QED) is 0.401. The number of aliphatic imine (C=N–C) groups is 1. The van der Waals surface area contributed by atoms with Crippen molar-refractivity contribution in [2.45, 2.75) is 12.6 Å². The molecule has 0 saturated carbocycles. The summed E-state index contributed by atoms with van der Waals surface area (Å²) in [5, 5.41) is 24.0. The SMILES string of the molecule is COc1ccc(C2N=C(NC#N)Nc3nc(N)c(C#N)c(N)c32)cc1CN1CCOCC1. The second kappa shape index (κ2) is 8.98. The molecule has 11 nitrogen and oxygen atoms in total. The van der Waals surface area contributed by atoms with Gasteiger partial charge < -0.3 is 26.3 Å². The molecule has 1 aromatic carbocycles. The van der Waals surface area contributed by atoms with Crippen molar-refractivity contribution in [3.8, 4) is 18.0 Å². The highest BCUT2D eigenvalue weighted by Crippen LogP contribution is 2.41. The van der Waals surface area contributed by atoms with E-state index in [1.807, 2.05) is 30.5 Å². The molecule has 2 aliphatic heterocycles. The summed E-state index contributed by atoms with van der Waals surface area (Å²) < 4.78 is 11.0. The number of rotatable bonds is 4. The summed E-state index contributed by atoms with van der Waals surface area (Å²) >= 11 is 0. The van der Waals surface area contributed by atoms with E-state index in [9.17, 15) is 5.26 Å². The predicted molar refractivity (Wildman–Crippen MR) is 119 cm³/mol. The third-order valence-corrected chi connectivity index (χ3v) is 5.48. The molecule has 0 aliphatic carbocycles. The number of nitriles is 2. The van der Waals surface area contributed by atoms with Gasteiger partial charge >= 0.3 is 0 Å².